The van der Waals surface area contributed by atoms with Gasteiger partial charge in [-0.1, -0.05) is 0 Å². The third-order valence-corrected chi connectivity index (χ3v) is 4.66. The van der Waals surface area contributed by atoms with Crippen molar-refractivity contribution in [2.24, 2.45) is 0 Å². The minimum absolute atomic E-state index is 0.275. The quantitative estimate of drug-likeness (QED) is 0.832. The fourth-order valence-corrected chi connectivity index (χ4v) is 3.20. The normalized spacial score (nSPS) is 13.6. The molecule has 0 aliphatic heterocycles. The van der Waals surface area contributed by atoms with Crippen molar-refractivity contribution in [3.63, 3.8) is 0 Å². The topological polar surface area (TPSA) is 91.7 Å². The molecule has 0 radical (unpaired) electrons. The summed E-state index contributed by atoms with van der Waals surface area (Å²) < 4.78 is 17.1. The molecule has 0 bridgehead atoms. The Hall–Kier alpha value is -3.03. The summed E-state index contributed by atoms with van der Waals surface area (Å²) in [6.45, 7) is 1.64. The third kappa shape index (κ3) is 3.60. The monoisotopic (exact) mass is 373 g/mol. The van der Waals surface area contributed by atoms with Crippen molar-refractivity contribution >= 4 is 11.6 Å². The second-order valence-electron chi connectivity index (χ2n) is 6.33. The number of nitrogens with zero attached hydrogens (tertiary/aromatic N) is 2. The molecular formula is C19H23N3O5. The number of amides is 1. The molecule has 1 unspecified atom stereocenters. The lowest BCUT2D eigenvalue weighted by Gasteiger charge is -2.17. The van der Waals surface area contributed by atoms with Gasteiger partial charge in [0.2, 0.25) is 11.7 Å². The Kier molecular flexibility index (Phi) is 5.34. The van der Waals surface area contributed by atoms with Gasteiger partial charge in [-0.3, -0.25) is 9.59 Å². The summed E-state index contributed by atoms with van der Waals surface area (Å²) in [7, 11) is 4.51. The van der Waals surface area contributed by atoms with E-state index >= 15 is 0 Å². The molecule has 8 nitrogen and oxygen atoms in total. The maximum Gasteiger partial charge on any atom is 0.267 e. The number of carbonyl (C=O) groups is 1. The van der Waals surface area contributed by atoms with E-state index in [1.165, 1.54) is 26.0 Å². The number of anilines is 1. The standard InChI is InChI=1S/C19H23N3O5/c1-11(22-17(23)8-12-6-5-7-14(12)21-22)19(24)20-13-9-15(25-2)18(27-4)16(10-13)26-3/h8-11H,5-7H2,1-4H3,(H,20,24). The molecule has 0 saturated heterocycles. The van der Waals surface area contributed by atoms with Crippen LogP contribution in [0.3, 0.4) is 0 Å². The lowest BCUT2D eigenvalue weighted by molar-refractivity contribution is -0.119. The van der Waals surface area contributed by atoms with E-state index < -0.39 is 6.04 Å². The van der Waals surface area contributed by atoms with Crippen LogP contribution in [-0.4, -0.2) is 37.0 Å². The number of rotatable bonds is 6. The highest BCUT2D eigenvalue weighted by atomic mass is 16.5. The van der Waals surface area contributed by atoms with Crippen LogP contribution in [0, 0.1) is 0 Å². The lowest BCUT2D eigenvalue weighted by atomic mass is 10.2. The first-order valence-electron chi connectivity index (χ1n) is 8.71. The van der Waals surface area contributed by atoms with E-state index in [0.717, 1.165) is 30.5 Å². The number of hydrogen-bond donors (Lipinski definition) is 1. The maximum atomic E-state index is 12.7. The number of aromatic nitrogens is 2. The molecule has 8 heteroatoms. The van der Waals surface area contributed by atoms with E-state index in [9.17, 15) is 9.59 Å². The Morgan fingerprint density at radius 2 is 1.78 bits per heavy atom. The molecule has 1 amide bonds. The summed E-state index contributed by atoms with van der Waals surface area (Å²) in [5.74, 6) is 0.916. The maximum absolute atomic E-state index is 12.7. The van der Waals surface area contributed by atoms with Crippen LogP contribution in [0.4, 0.5) is 5.69 Å². The first-order chi connectivity index (χ1) is 13.0. The molecule has 1 N–H and O–H groups in total. The molecular weight excluding hydrogens is 350 g/mol. The number of carbonyl (C=O) groups excluding carboxylic acids is 1. The Labute approximate surface area is 157 Å². The summed E-state index contributed by atoms with van der Waals surface area (Å²) in [5.41, 5.74) is 2.06. The average molecular weight is 373 g/mol. The molecule has 144 valence electrons. The molecule has 1 atom stereocenters. The van der Waals surface area contributed by atoms with Gasteiger partial charge in [-0.15, -0.1) is 0 Å². The van der Waals surface area contributed by atoms with Crippen molar-refractivity contribution in [1.29, 1.82) is 0 Å². The van der Waals surface area contributed by atoms with Gasteiger partial charge >= 0.3 is 0 Å². The van der Waals surface area contributed by atoms with Crippen LogP contribution < -0.4 is 25.1 Å². The molecule has 1 aromatic carbocycles. The van der Waals surface area contributed by atoms with Crippen molar-refractivity contribution in [3.05, 3.63) is 39.8 Å². The van der Waals surface area contributed by atoms with E-state index in [1.54, 1.807) is 25.1 Å². The van der Waals surface area contributed by atoms with Crippen LogP contribution in [0.5, 0.6) is 17.2 Å². The minimum atomic E-state index is -0.762. The van der Waals surface area contributed by atoms with E-state index in [4.69, 9.17) is 14.2 Å². The van der Waals surface area contributed by atoms with Gasteiger partial charge in [0.1, 0.15) is 6.04 Å². The number of ether oxygens (including phenoxy) is 3. The third-order valence-electron chi connectivity index (χ3n) is 4.66. The molecule has 0 saturated carbocycles. The van der Waals surface area contributed by atoms with Crippen LogP contribution in [-0.2, 0) is 17.6 Å². The Balaban J connectivity index is 1.86. The molecule has 0 spiro atoms. The van der Waals surface area contributed by atoms with Crippen LogP contribution in [0.1, 0.15) is 30.6 Å². The van der Waals surface area contributed by atoms with E-state index in [1.807, 2.05) is 0 Å². The molecule has 3 rings (SSSR count). The van der Waals surface area contributed by atoms with Crippen molar-refractivity contribution in [2.45, 2.75) is 32.2 Å². The van der Waals surface area contributed by atoms with Crippen molar-refractivity contribution in [3.8, 4) is 17.2 Å². The highest BCUT2D eigenvalue weighted by molar-refractivity contribution is 5.94. The molecule has 1 heterocycles. The van der Waals surface area contributed by atoms with Crippen LogP contribution in [0.15, 0.2) is 23.0 Å². The number of aryl methyl sites for hydroxylation is 2. The molecule has 1 aliphatic rings. The largest absolute Gasteiger partial charge is 0.493 e. The van der Waals surface area contributed by atoms with E-state index in [2.05, 4.69) is 10.4 Å². The van der Waals surface area contributed by atoms with Crippen LogP contribution in [0.2, 0.25) is 0 Å². The second kappa shape index (κ2) is 7.69. The number of hydrogen-bond acceptors (Lipinski definition) is 6. The number of fused-ring (bicyclic) bond motifs is 1. The highest BCUT2D eigenvalue weighted by Crippen LogP contribution is 2.40. The summed E-state index contributed by atoms with van der Waals surface area (Å²) in [6, 6.07) is 4.08. The zero-order chi connectivity index (χ0) is 19.6. The van der Waals surface area contributed by atoms with Gasteiger partial charge in [-0.05, 0) is 31.7 Å². The number of benzene rings is 1. The minimum Gasteiger partial charge on any atom is -0.493 e. The van der Waals surface area contributed by atoms with Gasteiger partial charge < -0.3 is 19.5 Å². The summed E-state index contributed by atoms with van der Waals surface area (Å²) in [6.07, 6.45) is 2.68. The average Bonchev–Trinajstić information content (AvgIpc) is 3.12. The predicted molar refractivity (Wildman–Crippen MR) is 100.0 cm³/mol. The fourth-order valence-electron chi connectivity index (χ4n) is 3.20. The van der Waals surface area contributed by atoms with Gasteiger partial charge in [0.05, 0.1) is 27.0 Å². The molecule has 1 aliphatic carbocycles. The summed E-state index contributed by atoms with van der Waals surface area (Å²) in [4.78, 5) is 25.0. The Morgan fingerprint density at radius 3 is 2.37 bits per heavy atom. The smallest absolute Gasteiger partial charge is 0.267 e. The van der Waals surface area contributed by atoms with E-state index in [-0.39, 0.29) is 11.5 Å². The van der Waals surface area contributed by atoms with Crippen molar-refractivity contribution < 1.29 is 19.0 Å². The van der Waals surface area contributed by atoms with Crippen LogP contribution in [0.25, 0.3) is 0 Å². The van der Waals surface area contributed by atoms with Gasteiger partial charge in [0.15, 0.2) is 11.5 Å². The van der Waals surface area contributed by atoms with Gasteiger partial charge in [-0.25, -0.2) is 4.68 Å². The van der Waals surface area contributed by atoms with Gasteiger partial charge in [-0.2, -0.15) is 5.10 Å². The fraction of sp³-hybridized carbons (Fsp3) is 0.421. The Morgan fingerprint density at radius 1 is 1.11 bits per heavy atom. The number of methoxy groups -OCH3 is 3. The lowest BCUT2D eigenvalue weighted by Crippen LogP contribution is -2.34. The van der Waals surface area contributed by atoms with Gasteiger partial charge in [0.25, 0.3) is 5.56 Å². The van der Waals surface area contributed by atoms with Crippen molar-refractivity contribution in [2.75, 3.05) is 26.6 Å². The molecule has 2 aromatic rings. The van der Waals surface area contributed by atoms with E-state index in [0.29, 0.717) is 22.9 Å². The first kappa shape index (κ1) is 18.8. The molecule has 0 fully saturated rings. The van der Waals surface area contributed by atoms with Gasteiger partial charge in [0, 0.05) is 23.9 Å². The highest BCUT2D eigenvalue weighted by Gasteiger charge is 2.22. The zero-order valence-corrected chi connectivity index (χ0v) is 15.9. The zero-order valence-electron chi connectivity index (χ0n) is 15.9. The molecule has 1 aromatic heterocycles. The first-order valence-corrected chi connectivity index (χ1v) is 8.71. The summed E-state index contributed by atoms with van der Waals surface area (Å²) in [5, 5.41) is 7.17. The second-order valence-corrected chi connectivity index (χ2v) is 6.33. The summed E-state index contributed by atoms with van der Waals surface area (Å²) >= 11 is 0. The van der Waals surface area contributed by atoms with Crippen molar-refractivity contribution in [1.82, 2.24) is 9.78 Å². The SMILES string of the molecule is COc1cc(NC(=O)C(C)n2nc3c(cc2=O)CCC3)cc(OC)c1OC. The Bertz CT molecular complexity index is 897. The van der Waals surface area contributed by atoms with Crippen LogP contribution >= 0.6 is 0 Å². The molecule has 27 heavy (non-hydrogen) atoms. The predicted octanol–water partition coefficient (Wildman–Crippen LogP) is 1.96. The number of nitrogens with one attached hydrogen (secondary N) is 1.